The lowest BCUT2D eigenvalue weighted by molar-refractivity contribution is -0.133. The zero-order valence-electron chi connectivity index (χ0n) is 9.72. The molecule has 0 heterocycles. The topological polar surface area (TPSA) is 26.3 Å². The highest BCUT2D eigenvalue weighted by Crippen LogP contribution is 2.29. The molecule has 0 saturated heterocycles. The first-order valence-electron chi connectivity index (χ1n) is 5.66. The van der Waals surface area contributed by atoms with Gasteiger partial charge in [0.15, 0.2) is 0 Å². The summed E-state index contributed by atoms with van der Waals surface area (Å²) in [7, 11) is 0. The standard InChI is InChI=1S/C15H14O2/c1-2-15(16)17-14-11-7-6-10-13(14)12-8-4-3-5-9-12/h3-11H,2H2,1H3. The number of para-hydroxylation sites is 1. The Morgan fingerprint density at radius 2 is 1.65 bits per heavy atom. The van der Waals surface area contributed by atoms with Crippen molar-refractivity contribution in [3.63, 3.8) is 0 Å². The molecule has 2 aromatic carbocycles. The number of benzene rings is 2. The highest BCUT2D eigenvalue weighted by molar-refractivity contribution is 5.77. The van der Waals surface area contributed by atoms with Gasteiger partial charge in [-0.1, -0.05) is 55.5 Å². The van der Waals surface area contributed by atoms with Gasteiger partial charge in [0.25, 0.3) is 0 Å². The molecule has 0 spiro atoms. The summed E-state index contributed by atoms with van der Waals surface area (Å²) in [6.07, 6.45) is 0.378. The monoisotopic (exact) mass is 226 g/mol. The smallest absolute Gasteiger partial charge is 0.310 e. The van der Waals surface area contributed by atoms with Gasteiger partial charge >= 0.3 is 5.97 Å². The molecule has 2 nitrogen and oxygen atoms in total. The van der Waals surface area contributed by atoms with E-state index in [1.54, 1.807) is 6.92 Å². The van der Waals surface area contributed by atoms with E-state index < -0.39 is 0 Å². The van der Waals surface area contributed by atoms with Gasteiger partial charge in [-0.15, -0.1) is 0 Å². The summed E-state index contributed by atoms with van der Waals surface area (Å²) in [4.78, 5) is 11.3. The largest absolute Gasteiger partial charge is 0.426 e. The van der Waals surface area contributed by atoms with Gasteiger partial charge in [-0.2, -0.15) is 0 Å². The molecule has 2 heteroatoms. The summed E-state index contributed by atoms with van der Waals surface area (Å²) < 4.78 is 5.31. The van der Waals surface area contributed by atoms with Crippen LogP contribution in [0, 0.1) is 0 Å². The van der Waals surface area contributed by atoms with E-state index in [1.165, 1.54) is 0 Å². The van der Waals surface area contributed by atoms with Crippen molar-refractivity contribution in [1.29, 1.82) is 0 Å². The van der Waals surface area contributed by atoms with Crippen LogP contribution in [0.2, 0.25) is 0 Å². The highest BCUT2D eigenvalue weighted by Gasteiger charge is 2.08. The van der Waals surface area contributed by atoms with Gasteiger partial charge in [-0.3, -0.25) is 4.79 Å². The van der Waals surface area contributed by atoms with Crippen LogP contribution < -0.4 is 4.74 Å². The summed E-state index contributed by atoms with van der Waals surface area (Å²) in [6, 6.07) is 17.5. The number of hydrogen-bond acceptors (Lipinski definition) is 2. The molecule has 0 aliphatic heterocycles. The average molecular weight is 226 g/mol. The Morgan fingerprint density at radius 3 is 2.35 bits per heavy atom. The highest BCUT2D eigenvalue weighted by atomic mass is 16.5. The van der Waals surface area contributed by atoms with Crippen molar-refractivity contribution in [2.75, 3.05) is 0 Å². The molecule has 2 rings (SSSR count). The zero-order valence-corrected chi connectivity index (χ0v) is 9.72. The quantitative estimate of drug-likeness (QED) is 0.589. The van der Waals surface area contributed by atoms with Gasteiger partial charge < -0.3 is 4.74 Å². The van der Waals surface area contributed by atoms with Crippen LogP contribution in [0.4, 0.5) is 0 Å². The SMILES string of the molecule is CCC(=O)Oc1ccccc1-c1ccccc1. The normalized spacial score (nSPS) is 9.94. The lowest BCUT2D eigenvalue weighted by atomic mass is 10.1. The van der Waals surface area contributed by atoms with E-state index in [0.29, 0.717) is 12.2 Å². The van der Waals surface area contributed by atoms with E-state index in [2.05, 4.69) is 0 Å². The average Bonchev–Trinajstić information content (AvgIpc) is 2.40. The molecular formula is C15H14O2. The fourth-order valence-electron chi connectivity index (χ4n) is 1.61. The van der Waals surface area contributed by atoms with E-state index >= 15 is 0 Å². The van der Waals surface area contributed by atoms with E-state index in [4.69, 9.17) is 4.74 Å². The van der Waals surface area contributed by atoms with Gasteiger partial charge in [0.2, 0.25) is 0 Å². The number of rotatable bonds is 3. The van der Waals surface area contributed by atoms with Crippen molar-refractivity contribution >= 4 is 5.97 Å². The second kappa shape index (κ2) is 5.30. The van der Waals surface area contributed by atoms with Gasteiger partial charge in [0, 0.05) is 12.0 Å². The number of carbonyl (C=O) groups is 1. The molecule has 0 amide bonds. The molecule has 2 aromatic rings. The van der Waals surface area contributed by atoms with Crippen molar-refractivity contribution in [3.8, 4) is 16.9 Å². The van der Waals surface area contributed by atoms with Crippen molar-refractivity contribution in [3.05, 3.63) is 54.6 Å². The minimum absolute atomic E-state index is 0.214. The van der Waals surface area contributed by atoms with E-state index in [9.17, 15) is 4.79 Å². The van der Waals surface area contributed by atoms with Crippen molar-refractivity contribution in [1.82, 2.24) is 0 Å². The van der Waals surface area contributed by atoms with Crippen LogP contribution in [-0.4, -0.2) is 5.97 Å². The van der Waals surface area contributed by atoms with Crippen LogP contribution in [0.3, 0.4) is 0 Å². The minimum atomic E-state index is -0.214. The molecule has 0 aliphatic rings. The van der Waals surface area contributed by atoms with E-state index in [1.807, 2.05) is 54.6 Å². The van der Waals surface area contributed by atoms with Crippen LogP contribution in [0.5, 0.6) is 5.75 Å². The molecule has 0 aromatic heterocycles. The van der Waals surface area contributed by atoms with Crippen LogP contribution in [0.15, 0.2) is 54.6 Å². The lowest BCUT2D eigenvalue weighted by Gasteiger charge is -2.09. The number of hydrogen-bond donors (Lipinski definition) is 0. The minimum Gasteiger partial charge on any atom is -0.426 e. The first kappa shape index (κ1) is 11.4. The third kappa shape index (κ3) is 2.72. The molecular weight excluding hydrogens is 212 g/mol. The van der Waals surface area contributed by atoms with E-state index in [-0.39, 0.29) is 5.97 Å². The fraction of sp³-hybridized carbons (Fsp3) is 0.133. The number of carbonyl (C=O) groups excluding carboxylic acids is 1. The van der Waals surface area contributed by atoms with Gasteiger partial charge in [0.1, 0.15) is 5.75 Å². The van der Waals surface area contributed by atoms with Crippen molar-refractivity contribution in [2.45, 2.75) is 13.3 Å². The maximum absolute atomic E-state index is 11.3. The Hall–Kier alpha value is -2.09. The molecule has 0 aliphatic carbocycles. The molecule has 0 saturated carbocycles. The summed E-state index contributed by atoms with van der Waals surface area (Å²) in [5.41, 5.74) is 1.99. The Balaban J connectivity index is 2.38. The second-order valence-electron chi connectivity index (χ2n) is 3.69. The van der Waals surface area contributed by atoms with Crippen LogP contribution >= 0.6 is 0 Å². The molecule has 0 atom stereocenters. The Labute approximate surface area is 101 Å². The lowest BCUT2D eigenvalue weighted by Crippen LogP contribution is -2.06. The maximum atomic E-state index is 11.3. The molecule has 0 fully saturated rings. The number of esters is 1. The summed E-state index contributed by atoms with van der Waals surface area (Å²) in [6.45, 7) is 1.79. The third-order valence-corrected chi connectivity index (χ3v) is 2.48. The molecule has 17 heavy (non-hydrogen) atoms. The van der Waals surface area contributed by atoms with Crippen LogP contribution in [-0.2, 0) is 4.79 Å². The predicted molar refractivity (Wildman–Crippen MR) is 67.8 cm³/mol. The van der Waals surface area contributed by atoms with Crippen molar-refractivity contribution < 1.29 is 9.53 Å². The predicted octanol–water partition coefficient (Wildman–Crippen LogP) is 3.67. The van der Waals surface area contributed by atoms with Gasteiger partial charge in [-0.25, -0.2) is 0 Å². The molecule has 86 valence electrons. The number of ether oxygens (including phenoxy) is 1. The van der Waals surface area contributed by atoms with Gasteiger partial charge in [0.05, 0.1) is 0 Å². The van der Waals surface area contributed by atoms with Crippen LogP contribution in [0.25, 0.3) is 11.1 Å². The fourth-order valence-corrected chi connectivity index (χ4v) is 1.61. The zero-order chi connectivity index (χ0) is 12.1. The Morgan fingerprint density at radius 1 is 1.00 bits per heavy atom. The Bertz CT molecular complexity index is 503. The molecule has 0 bridgehead atoms. The molecule has 0 unspecified atom stereocenters. The second-order valence-corrected chi connectivity index (χ2v) is 3.69. The van der Waals surface area contributed by atoms with Crippen LogP contribution in [0.1, 0.15) is 13.3 Å². The first-order chi connectivity index (χ1) is 8.31. The summed E-state index contributed by atoms with van der Waals surface area (Å²) in [5, 5.41) is 0. The summed E-state index contributed by atoms with van der Waals surface area (Å²) in [5.74, 6) is 0.402. The Kier molecular flexibility index (Phi) is 3.55. The first-order valence-corrected chi connectivity index (χ1v) is 5.66. The molecule has 0 radical (unpaired) electrons. The molecule has 0 N–H and O–H groups in total. The summed E-state index contributed by atoms with van der Waals surface area (Å²) >= 11 is 0. The van der Waals surface area contributed by atoms with E-state index in [0.717, 1.165) is 11.1 Å². The van der Waals surface area contributed by atoms with Crippen molar-refractivity contribution in [2.24, 2.45) is 0 Å². The maximum Gasteiger partial charge on any atom is 0.310 e. The van der Waals surface area contributed by atoms with Gasteiger partial charge in [-0.05, 0) is 11.6 Å². The third-order valence-electron chi connectivity index (χ3n) is 2.48.